The van der Waals surface area contributed by atoms with Gasteiger partial charge in [0, 0.05) is 0 Å². The van der Waals surface area contributed by atoms with Crippen molar-refractivity contribution in [3.05, 3.63) is 29.8 Å². The first-order valence-corrected chi connectivity index (χ1v) is 7.59. The van der Waals surface area contributed by atoms with Crippen molar-refractivity contribution in [1.29, 1.82) is 0 Å². The number of sulfone groups is 1. The largest absolute Gasteiger partial charge is 0.481 e. The van der Waals surface area contributed by atoms with Crippen LogP contribution in [0.4, 0.5) is 0 Å². The number of hydrogen-bond acceptors (Lipinski definition) is 3. The first kappa shape index (κ1) is 11.7. The quantitative estimate of drug-likeness (QED) is 0.901. The molecule has 18 heavy (non-hydrogen) atoms. The fourth-order valence-electron chi connectivity index (χ4n) is 2.29. The van der Waals surface area contributed by atoms with Crippen molar-refractivity contribution in [1.82, 2.24) is 0 Å². The zero-order chi connectivity index (χ0) is 13.0. The van der Waals surface area contributed by atoms with Crippen LogP contribution < -0.4 is 0 Å². The maximum Gasteiger partial charge on any atom is 0.314 e. The van der Waals surface area contributed by atoms with Gasteiger partial charge in [-0.1, -0.05) is 12.1 Å². The summed E-state index contributed by atoms with van der Waals surface area (Å²) in [6.45, 7) is 0. The summed E-state index contributed by atoms with van der Waals surface area (Å²) >= 11 is 0. The number of carbonyl (C=O) groups is 1. The predicted molar refractivity (Wildman–Crippen MR) is 65.2 cm³/mol. The maximum absolute atomic E-state index is 12.0. The molecular formula is C13H14O4S. The van der Waals surface area contributed by atoms with Crippen LogP contribution in [0.5, 0.6) is 0 Å². The van der Waals surface area contributed by atoms with E-state index in [4.69, 9.17) is 5.11 Å². The molecule has 3 rings (SSSR count). The third kappa shape index (κ3) is 1.65. The molecule has 1 N–H and O–H groups in total. The van der Waals surface area contributed by atoms with Gasteiger partial charge in [-0.15, -0.1) is 0 Å². The lowest BCUT2D eigenvalue weighted by molar-refractivity contribution is -0.140. The van der Waals surface area contributed by atoms with Crippen molar-refractivity contribution in [3.63, 3.8) is 0 Å². The van der Waals surface area contributed by atoms with E-state index >= 15 is 0 Å². The Hall–Kier alpha value is -1.36. The molecule has 96 valence electrons. The number of rotatable bonds is 4. The van der Waals surface area contributed by atoms with E-state index in [2.05, 4.69) is 0 Å². The average molecular weight is 266 g/mol. The highest BCUT2D eigenvalue weighted by molar-refractivity contribution is 7.92. The molecule has 0 spiro atoms. The van der Waals surface area contributed by atoms with Crippen LogP contribution in [-0.2, 0) is 20.0 Å². The number of benzene rings is 1. The first-order chi connectivity index (χ1) is 8.47. The third-order valence-electron chi connectivity index (χ3n) is 3.86. The number of aliphatic carboxylic acids is 1. The third-order valence-corrected chi connectivity index (χ3v) is 6.14. The summed E-state index contributed by atoms with van der Waals surface area (Å²) in [4.78, 5) is 11.5. The van der Waals surface area contributed by atoms with E-state index < -0.39 is 21.2 Å². The van der Waals surface area contributed by atoms with Crippen LogP contribution in [0.3, 0.4) is 0 Å². The molecule has 2 aliphatic carbocycles. The van der Waals surface area contributed by atoms with E-state index in [1.165, 1.54) is 0 Å². The van der Waals surface area contributed by atoms with Gasteiger partial charge in [0.2, 0.25) is 0 Å². The van der Waals surface area contributed by atoms with E-state index in [0.29, 0.717) is 23.3 Å². The highest BCUT2D eigenvalue weighted by Crippen LogP contribution is 2.48. The minimum atomic E-state index is -3.18. The van der Waals surface area contributed by atoms with Crippen molar-refractivity contribution in [3.8, 4) is 0 Å². The van der Waals surface area contributed by atoms with Crippen LogP contribution >= 0.6 is 0 Å². The molecule has 0 aromatic heterocycles. The SMILES string of the molecule is O=C(O)C1(c2ccc(S(=O)(=O)C3CC3)cc2)CC1. The smallest absolute Gasteiger partial charge is 0.314 e. The highest BCUT2D eigenvalue weighted by atomic mass is 32.2. The van der Waals surface area contributed by atoms with Crippen LogP contribution in [0.1, 0.15) is 31.2 Å². The zero-order valence-electron chi connectivity index (χ0n) is 9.80. The topological polar surface area (TPSA) is 71.4 Å². The number of hydrogen-bond donors (Lipinski definition) is 1. The van der Waals surface area contributed by atoms with Crippen LogP contribution in [-0.4, -0.2) is 24.7 Å². The summed E-state index contributed by atoms with van der Waals surface area (Å²) in [5.74, 6) is -0.819. The lowest BCUT2D eigenvalue weighted by Crippen LogP contribution is -2.19. The molecule has 4 nitrogen and oxygen atoms in total. The molecule has 5 heteroatoms. The number of carboxylic acids is 1. The summed E-state index contributed by atoms with van der Waals surface area (Å²) in [6, 6.07) is 6.39. The van der Waals surface area contributed by atoms with E-state index in [-0.39, 0.29) is 5.25 Å². The Morgan fingerprint density at radius 3 is 2.11 bits per heavy atom. The summed E-state index contributed by atoms with van der Waals surface area (Å²) in [6.07, 6.45) is 2.75. The predicted octanol–water partition coefficient (Wildman–Crippen LogP) is 1.74. The van der Waals surface area contributed by atoms with Crippen molar-refractivity contribution in [2.24, 2.45) is 0 Å². The molecule has 0 amide bonds. The van der Waals surface area contributed by atoms with E-state index in [9.17, 15) is 13.2 Å². The Kier molecular flexibility index (Phi) is 2.32. The Balaban J connectivity index is 1.93. The average Bonchev–Trinajstić information content (AvgIpc) is 3.19. The molecule has 2 fully saturated rings. The fraction of sp³-hybridized carbons (Fsp3) is 0.462. The van der Waals surface area contributed by atoms with Crippen LogP contribution in [0.15, 0.2) is 29.2 Å². The van der Waals surface area contributed by atoms with Crippen LogP contribution in [0.2, 0.25) is 0 Å². The minimum absolute atomic E-state index is 0.224. The Bertz CT molecular complexity index is 592. The summed E-state index contributed by atoms with van der Waals surface area (Å²) in [5, 5.41) is 8.94. The lowest BCUT2D eigenvalue weighted by Gasteiger charge is -2.10. The van der Waals surface area contributed by atoms with Gasteiger partial charge >= 0.3 is 5.97 Å². The molecule has 0 saturated heterocycles. The normalized spacial score (nSPS) is 21.6. The molecule has 0 unspecified atom stereocenters. The second-order valence-electron chi connectivity index (χ2n) is 5.16. The summed E-state index contributed by atoms with van der Waals surface area (Å²) in [5.41, 5.74) is -0.0493. The number of carboxylic acid groups (broad SMARTS) is 1. The fourth-order valence-corrected chi connectivity index (χ4v) is 3.94. The summed E-state index contributed by atoms with van der Waals surface area (Å²) < 4.78 is 24.0. The zero-order valence-corrected chi connectivity index (χ0v) is 10.6. The molecule has 0 aliphatic heterocycles. The molecule has 2 aliphatic rings. The Labute approximate surface area is 106 Å². The van der Waals surface area contributed by atoms with Gasteiger partial charge in [-0.2, -0.15) is 0 Å². The molecule has 0 radical (unpaired) electrons. The maximum atomic E-state index is 12.0. The van der Waals surface area contributed by atoms with E-state index in [0.717, 1.165) is 12.8 Å². The second kappa shape index (κ2) is 3.57. The van der Waals surface area contributed by atoms with Crippen molar-refractivity contribution >= 4 is 15.8 Å². The molecule has 2 saturated carbocycles. The van der Waals surface area contributed by atoms with Crippen molar-refractivity contribution in [2.75, 3.05) is 0 Å². The van der Waals surface area contributed by atoms with Gasteiger partial charge in [-0.3, -0.25) is 4.79 Å². The highest BCUT2D eigenvalue weighted by Gasteiger charge is 2.51. The molecule has 1 aromatic rings. The van der Waals surface area contributed by atoms with Crippen molar-refractivity contribution in [2.45, 2.75) is 41.2 Å². The van der Waals surface area contributed by atoms with Gasteiger partial charge in [0.15, 0.2) is 9.84 Å². The molecule has 0 atom stereocenters. The van der Waals surface area contributed by atoms with Gasteiger partial charge < -0.3 is 5.11 Å². The first-order valence-electron chi connectivity index (χ1n) is 6.05. The molecule has 1 aromatic carbocycles. The second-order valence-corrected chi connectivity index (χ2v) is 7.38. The van der Waals surface area contributed by atoms with Crippen molar-refractivity contribution < 1.29 is 18.3 Å². The monoisotopic (exact) mass is 266 g/mol. The van der Waals surface area contributed by atoms with Gasteiger partial charge in [-0.05, 0) is 43.4 Å². The Morgan fingerprint density at radius 2 is 1.72 bits per heavy atom. The van der Waals surface area contributed by atoms with Gasteiger partial charge in [0.25, 0.3) is 0 Å². The standard InChI is InChI=1S/C13H14O4S/c14-12(15)13(7-8-13)9-1-3-10(4-2-9)18(16,17)11-5-6-11/h1-4,11H,5-8H2,(H,14,15). The molecule has 0 bridgehead atoms. The van der Waals surface area contributed by atoms with Crippen LogP contribution in [0.25, 0.3) is 0 Å². The van der Waals surface area contributed by atoms with E-state index in [1.807, 2.05) is 0 Å². The molecular weight excluding hydrogens is 252 g/mol. The molecule has 0 heterocycles. The van der Waals surface area contributed by atoms with Crippen LogP contribution in [0, 0.1) is 0 Å². The van der Waals surface area contributed by atoms with Gasteiger partial charge in [0.1, 0.15) is 0 Å². The van der Waals surface area contributed by atoms with Gasteiger partial charge in [0.05, 0.1) is 15.6 Å². The Morgan fingerprint density at radius 1 is 1.17 bits per heavy atom. The van der Waals surface area contributed by atoms with E-state index in [1.54, 1.807) is 24.3 Å². The summed E-state index contributed by atoms with van der Waals surface area (Å²) in [7, 11) is -3.18. The lowest BCUT2D eigenvalue weighted by atomic mass is 9.96. The minimum Gasteiger partial charge on any atom is -0.481 e. The van der Waals surface area contributed by atoms with Gasteiger partial charge in [-0.25, -0.2) is 8.42 Å².